The summed E-state index contributed by atoms with van der Waals surface area (Å²) in [5.41, 5.74) is 2.00. The van der Waals surface area contributed by atoms with E-state index >= 15 is 0 Å². The van der Waals surface area contributed by atoms with E-state index < -0.39 is 0 Å². The van der Waals surface area contributed by atoms with Crippen LogP contribution in [0.4, 0.5) is 0 Å². The Morgan fingerprint density at radius 3 is 2.46 bits per heavy atom. The van der Waals surface area contributed by atoms with E-state index in [0.717, 1.165) is 63.8 Å². The highest BCUT2D eigenvalue weighted by atomic mass is 16.5. The third-order valence-electron chi connectivity index (χ3n) is 5.54. The van der Waals surface area contributed by atoms with Crippen molar-refractivity contribution in [2.45, 2.75) is 32.7 Å². The zero-order valence-corrected chi connectivity index (χ0v) is 16.1. The maximum absolute atomic E-state index is 12.3. The van der Waals surface area contributed by atoms with Gasteiger partial charge in [-0.25, -0.2) is 0 Å². The van der Waals surface area contributed by atoms with Crippen LogP contribution in [0.2, 0.25) is 0 Å². The molecule has 2 heterocycles. The molecule has 2 aliphatic heterocycles. The van der Waals surface area contributed by atoms with Crippen molar-refractivity contribution < 1.29 is 9.53 Å². The van der Waals surface area contributed by atoms with E-state index in [2.05, 4.69) is 34.2 Å². The third-order valence-corrected chi connectivity index (χ3v) is 5.54. The van der Waals surface area contributed by atoms with Gasteiger partial charge in [0, 0.05) is 31.7 Å². The lowest BCUT2D eigenvalue weighted by atomic mass is 9.99. The minimum absolute atomic E-state index is 0.0372. The van der Waals surface area contributed by atoms with Gasteiger partial charge in [0.25, 0.3) is 5.91 Å². The predicted molar refractivity (Wildman–Crippen MR) is 104 cm³/mol. The summed E-state index contributed by atoms with van der Waals surface area (Å²) in [6.45, 7) is 11.1. The molecule has 2 fully saturated rings. The second-order valence-corrected chi connectivity index (χ2v) is 7.72. The van der Waals surface area contributed by atoms with Crippen LogP contribution >= 0.6 is 0 Å². The number of amides is 1. The average Bonchev–Trinajstić information content (AvgIpc) is 2.68. The van der Waals surface area contributed by atoms with Gasteiger partial charge < -0.3 is 15.0 Å². The maximum Gasteiger partial charge on any atom is 0.251 e. The van der Waals surface area contributed by atoms with E-state index in [1.54, 1.807) is 0 Å². The number of nitrogens with one attached hydrogen (secondary N) is 1. The van der Waals surface area contributed by atoms with Gasteiger partial charge in [0.05, 0.1) is 13.2 Å². The van der Waals surface area contributed by atoms with Crippen LogP contribution in [0.5, 0.6) is 0 Å². The average molecular weight is 360 g/mol. The number of hydrogen-bond donors (Lipinski definition) is 1. The smallest absolute Gasteiger partial charge is 0.251 e. The molecule has 0 unspecified atom stereocenters. The number of piperidine rings is 1. The van der Waals surface area contributed by atoms with Crippen LogP contribution in [0.25, 0.3) is 0 Å². The van der Waals surface area contributed by atoms with E-state index in [0.29, 0.717) is 0 Å². The lowest BCUT2D eigenvalue weighted by Crippen LogP contribution is -2.35. The summed E-state index contributed by atoms with van der Waals surface area (Å²) in [7, 11) is 0. The fraction of sp³-hybridized carbons (Fsp3) is 0.667. The molecule has 0 spiro atoms. The molecule has 0 bridgehead atoms. The van der Waals surface area contributed by atoms with Gasteiger partial charge in [-0.3, -0.25) is 9.69 Å². The fourth-order valence-electron chi connectivity index (χ4n) is 3.67. The summed E-state index contributed by atoms with van der Waals surface area (Å²) < 4.78 is 5.38. The monoisotopic (exact) mass is 359 g/mol. The fourth-order valence-corrected chi connectivity index (χ4v) is 3.67. The molecule has 1 N–H and O–H groups in total. The molecule has 1 aromatic carbocycles. The Hall–Kier alpha value is -1.43. The molecule has 0 saturated carbocycles. The molecule has 1 amide bonds. The molecule has 2 aliphatic rings. The largest absolute Gasteiger partial charge is 0.379 e. The Morgan fingerprint density at radius 1 is 1.08 bits per heavy atom. The summed E-state index contributed by atoms with van der Waals surface area (Å²) in [5.74, 6) is 0.910. The predicted octanol–water partition coefficient (Wildman–Crippen LogP) is 2.37. The van der Waals surface area contributed by atoms with E-state index in [1.165, 1.54) is 31.5 Å². The van der Waals surface area contributed by atoms with Crippen molar-refractivity contribution >= 4 is 5.91 Å². The van der Waals surface area contributed by atoms with Crippen LogP contribution in [-0.4, -0.2) is 68.2 Å². The Kier molecular flexibility index (Phi) is 7.47. The highest BCUT2D eigenvalue weighted by Crippen LogP contribution is 2.15. The molecular formula is C21H33N3O2. The molecule has 5 heteroatoms. The highest BCUT2D eigenvalue weighted by molar-refractivity contribution is 5.94. The van der Waals surface area contributed by atoms with E-state index in [9.17, 15) is 4.79 Å². The van der Waals surface area contributed by atoms with Crippen molar-refractivity contribution in [2.24, 2.45) is 5.92 Å². The SMILES string of the molecule is CC1CCN(CCCNC(=O)c2ccc(CN3CCOCC3)cc2)CC1. The van der Waals surface area contributed by atoms with Gasteiger partial charge in [-0.15, -0.1) is 0 Å². The van der Waals surface area contributed by atoms with Crippen molar-refractivity contribution in [1.82, 2.24) is 15.1 Å². The molecule has 3 rings (SSSR count). The highest BCUT2D eigenvalue weighted by Gasteiger charge is 2.15. The molecule has 144 valence electrons. The molecule has 5 nitrogen and oxygen atoms in total. The molecular weight excluding hydrogens is 326 g/mol. The zero-order valence-electron chi connectivity index (χ0n) is 16.1. The number of morpholine rings is 1. The summed E-state index contributed by atoms with van der Waals surface area (Å²) in [6, 6.07) is 8.02. The van der Waals surface area contributed by atoms with Crippen LogP contribution in [0, 0.1) is 5.92 Å². The second-order valence-electron chi connectivity index (χ2n) is 7.72. The Bertz CT molecular complexity index is 547. The normalized spacial score (nSPS) is 20.2. The number of rotatable bonds is 7. The molecule has 2 saturated heterocycles. The first-order valence-corrected chi connectivity index (χ1v) is 10.1. The van der Waals surface area contributed by atoms with Crippen molar-refractivity contribution in [3.8, 4) is 0 Å². The van der Waals surface area contributed by atoms with Crippen LogP contribution in [0.1, 0.15) is 42.1 Å². The summed E-state index contributed by atoms with van der Waals surface area (Å²) >= 11 is 0. The number of hydrogen-bond acceptors (Lipinski definition) is 4. The number of ether oxygens (including phenoxy) is 1. The number of benzene rings is 1. The summed E-state index contributed by atoms with van der Waals surface area (Å²) in [5, 5.41) is 3.06. The standard InChI is InChI=1S/C21H33N3O2/c1-18-7-11-23(12-8-18)10-2-9-22-21(25)20-5-3-19(4-6-20)17-24-13-15-26-16-14-24/h3-6,18H,2,7-17H2,1H3,(H,22,25). The Balaban J connectivity index is 1.35. The van der Waals surface area contributed by atoms with Crippen molar-refractivity contribution in [3.63, 3.8) is 0 Å². The first-order chi connectivity index (χ1) is 12.7. The third kappa shape index (κ3) is 6.08. The lowest BCUT2D eigenvalue weighted by molar-refractivity contribution is 0.0342. The Morgan fingerprint density at radius 2 is 1.77 bits per heavy atom. The molecule has 26 heavy (non-hydrogen) atoms. The van der Waals surface area contributed by atoms with Crippen molar-refractivity contribution in [1.29, 1.82) is 0 Å². The quantitative estimate of drug-likeness (QED) is 0.759. The minimum Gasteiger partial charge on any atom is -0.379 e. The lowest BCUT2D eigenvalue weighted by Gasteiger charge is -2.30. The molecule has 0 radical (unpaired) electrons. The Labute approximate surface area is 157 Å². The zero-order chi connectivity index (χ0) is 18.2. The molecule has 0 atom stereocenters. The molecule has 1 aromatic rings. The van der Waals surface area contributed by atoms with Gasteiger partial charge in [0.1, 0.15) is 0 Å². The van der Waals surface area contributed by atoms with Crippen LogP contribution in [-0.2, 0) is 11.3 Å². The number of carbonyl (C=O) groups is 1. The topological polar surface area (TPSA) is 44.8 Å². The van der Waals surface area contributed by atoms with Gasteiger partial charge in [-0.05, 0) is 62.5 Å². The number of carbonyl (C=O) groups excluding carboxylic acids is 1. The first-order valence-electron chi connectivity index (χ1n) is 10.1. The van der Waals surface area contributed by atoms with Crippen LogP contribution < -0.4 is 5.32 Å². The van der Waals surface area contributed by atoms with Crippen molar-refractivity contribution in [3.05, 3.63) is 35.4 Å². The molecule has 0 aromatic heterocycles. The second kappa shape index (κ2) is 10.0. The van der Waals surface area contributed by atoms with E-state index in [4.69, 9.17) is 4.74 Å². The summed E-state index contributed by atoms with van der Waals surface area (Å²) in [4.78, 5) is 17.2. The van der Waals surface area contributed by atoms with Crippen molar-refractivity contribution in [2.75, 3.05) is 52.5 Å². The van der Waals surface area contributed by atoms with E-state index in [1.807, 2.05) is 12.1 Å². The van der Waals surface area contributed by atoms with Gasteiger partial charge in [-0.1, -0.05) is 19.1 Å². The first kappa shape index (κ1) is 19.3. The van der Waals surface area contributed by atoms with Crippen LogP contribution in [0.15, 0.2) is 24.3 Å². The van der Waals surface area contributed by atoms with Crippen LogP contribution in [0.3, 0.4) is 0 Å². The minimum atomic E-state index is 0.0372. The molecule has 0 aliphatic carbocycles. The van der Waals surface area contributed by atoms with Gasteiger partial charge in [0.2, 0.25) is 0 Å². The van der Waals surface area contributed by atoms with Gasteiger partial charge >= 0.3 is 0 Å². The summed E-state index contributed by atoms with van der Waals surface area (Å²) in [6.07, 6.45) is 3.64. The van der Waals surface area contributed by atoms with E-state index in [-0.39, 0.29) is 5.91 Å². The van der Waals surface area contributed by atoms with Gasteiger partial charge in [0.15, 0.2) is 0 Å². The number of nitrogens with zero attached hydrogens (tertiary/aromatic N) is 2. The number of likely N-dealkylation sites (tertiary alicyclic amines) is 1. The van der Waals surface area contributed by atoms with Gasteiger partial charge in [-0.2, -0.15) is 0 Å². The maximum atomic E-state index is 12.3.